The predicted octanol–water partition coefficient (Wildman–Crippen LogP) is 4.62. The van der Waals surface area contributed by atoms with Crippen LogP contribution in [0.4, 0.5) is 4.79 Å². The van der Waals surface area contributed by atoms with E-state index in [0.717, 1.165) is 17.0 Å². The van der Waals surface area contributed by atoms with Crippen LogP contribution in [0.25, 0.3) is 16.5 Å². The van der Waals surface area contributed by atoms with E-state index >= 15 is 0 Å². The van der Waals surface area contributed by atoms with Gasteiger partial charge in [-0.1, -0.05) is 50.5 Å². The fraction of sp³-hybridized carbons (Fsp3) is 0.370. The van der Waals surface area contributed by atoms with Gasteiger partial charge >= 0.3 is 18.0 Å². The van der Waals surface area contributed by atoms with Crippen molar-refractivity contribution < 1.29 is 30.0 Å². The molecule has 9 heteroatoms. The Morgan fingerprint density at radius 2 is 1.86 bits per heavy atom. The molecule has 1 aromatic carbocycles. The number of methoxy groups -OCH3 is 2. The number of para-hydroxylation sites is 1. The van der Waals surface area contributed by atoms with Crippen LogP contribution in [0.3, 0.4) is 0 Å². The Balaban J connectivity index is 2.02. The van der Waals surface area contributed by atoms with Gasteiger partial charge in [0.05, 0.1) is 44.6 Å². The third-order valence-electron chi connectivity index (χ3n) is 5.91. The van der Waals surface area contributed by atoms with Crippen molar-refractivity contribution in [3.8, 4) is 0 Å². The zero-order chi connectivity index (χ0) is 27.3. The van der Waals surface area contributed by atoms with Gasteiger partial charge in [0.1, 0.15) is 0 Å². The fourth-order valence-electron chi connectivity index (χ4n) is 3.97. The summed E-state index contributed by atoms with van der Waals surface area (Å²) in [7, 11) is 1.12. The molecule has 2 aromatic rings. The Labute approximate surface area is 214 Å². The average molecular weight is 512 g/mol. The van der Waals surface area contributed by atoms with Gasteiger partial charge < -0.3 is 19.1 Å². The predicted molar refractivity (Wildman–Crippen MR) is 142 cm³/mol. The Hall–Kier alpha value is -3.59. The molecule has 0 radical (unpaired) electrons. The molecule has 0 amide bonds. The highest BCUT2D eigenvalue weighted by Crippen LogP contribution is 2.32. The maximum Gasteiger partial charge on any atom is 0.418 e. The second kappa shape index (κ2) is 11.4. The molecule has 0 N–H and O–H groups in total. The Morgan fingerprint density at radius 1 is 1.14 bits per heavy atom. The van der Waals surface area contributed by atoms with Gasteiger partial charge in [0.15, 0.2) is 0 Å². The smallest absolute Gasteiger partial charge is 0.418 e. The average Bonchev–Trinajstić information content (AvgIpc) is 3.20. The van der Waals surface area contributed by atoms with Gasteiger partial charge in [-0.3, -0.25) is 0 Å². The van der Waals surface area contributed by atoms with E-state index in [2.05, 4.69) is 26.2 Å². The van der Waals surface area contributed by atoms with Crippen LogP contribution in [0.5, 0.6) is 0 Å². The number of rotatable bonds is 9. The molecule has 0 unspecified atom stereocenters. The number of carbonyl (C=O) groups is 3. The number of carbonyl (C=O) groups excluding carboxylic acids is 3. The Bertz CT molecular complexity index is 1290. The monoisotopic (exact) mass is 511 g/mol. The van der Waals surface area contributed by atoms with Crippen LogP contribution in [0.1, 0.15) is 12.6 Å². The van der Waals surface area contributed by atoms with Gasteiger partial charge in [-0.15, -0.1) is 0 Å². The number of ether oxygens (including phenoxy) is 3. The van der Waals surface area contributed by atoms with Crippen molar-refractivity contribution >= 4 is 42.6 Å². The fourth-order valence-corrected chi connectivity index (χ4v) is 4.69. The van der Waals surface area contributed by atoms with Crippen molar-refractivity contribution in [3.63, 3.8) is 0 Å². The Kier molecular flexibility index (Phi) is 8.09. The van der Waals surface area contributed by atoms with Gasteiger partial charge in [0.2, 0.25) is 0 Å². The van der Waals surface area contributed by atoms with Gasteiger partial charge in [0.25, 0.3) is 0 Å². The highest BCUT2D eigenvalue weighted by atomic mass is 28.3. The van der Waals surface area contributed by atoms with Crippen LogP contribution in [0.15, 0.2) is 54.7 Å². The van der Waals surface area contributed by atoms with Crippen molar-refractivity contribution in [1.82, 2.24) is 9.47 Å². The summed E-state index contributed by atoms with van der Waals surface area (Å²) in [6.45, 7) is 11.7. The number of esters is 2. The summed E-state index contributed by atoms with van der Waals surface area (Å²) < 4.78 is 24.8. The van der Waals surface area contributed by atoms with Crippen molar-refractivity contribution in [1.29, 1.82) is 0 Å². The van der Waals surface area contributed by atoms with E-state index in [0.29, 0.717) is 30.7 Å². The summed E-state index contributed by atoms with van der Waals surface area (Å²) in [6.07, 6.45) is 3.09. The third kappa shape index (κ3) is 6.15. The second-order valence-electron chi connectivity index (χ2n) is 9.70. The molecule has 0 aliphatic carbocycles. The van der Waals surface area contributed by atoms with Crippen molar-refractivity contribution in [2.45, 2.75) is 32.1 Å². The van der Waals surface area contributed by atoms with E-state index in [1.165, 1.54) is 18.8 Å². The maximum absolute atomic E-state index is 13.4. The molecule has 1 aromatic heterocycles. The van der Waals surface area contributed by atoms with Gasteiger partial charge in [-0.05, 0) is 30.1 Å². The second-order valence-corrected chi connectivity index (χ2v) is 15.3. The van der Waals surface area contributed by atoms with E-state index in [4.69, 9.17) is 15.6 Å². The molecule has 0 fully saturated rings. The molecule has 0 bridgehead atoms. The molecule has 3 rings (SSSR count). The van der Waals surface area contributed by atoms with Gasteiger partial charge in [-0.2, -0.15) is 0 Å². The highest BCUT2D eigenvalue weighted by Gasteiger charge is 2.28. The van der Waals surface area contributed by atoms with Crippen LogP contribution in [-0.2, 0) is 30.2 Å². The zero-order valence-corrected chi connectivity index (χ0v) is 22.6. The van der Waals surface area contributed by atoms with Crippen LogP contribution in [-0.4, -0.2) is 69.5 Å². The number of nitrogens with zero attached hydrogens (tertiary/aromatic N) is 2. The van der Waals surface area contributed by atoms with Crippen LogP contribution >= 0.6 is 0 Å². The minimum absolute atomic E-state index is 0.0497. The molecule has 1 aliphatic rings. The van der Waals surface area contributed by atoms with Crippen LogP contribution in [0, 0.1) is 0 Å². The maximum atomic E-state index is 13.4. The summed E-state index contributed by atoms with van der Waals surface area (Å²) in [5, 5.41) is 0.788. The first-order chi connectivity index (χ1) is 17.5. The molecule has 0 spiro atoms. The largest absolute Gasteiger partial charge is 0.465 e. The molecule has 0 saturated carbocycles. The third-order valence-corrected chi connectivity index (χ3v) is 7.61. The van der Waals surface area contributed by atoms with E-state index in [1.807, 2.05) is 23.1 Å². The lowest BCUT2D eigenvalue weighted by Gasteiger charge is -2.23. The zero-order valence-electron chi connectivity index (χ0n) is 22.6. The standard InChI is InChI=1S/C27H34N2O6Si/c1-19(25(30)33-2)24-22(13-15-28-14-9-10-20(18-28)26(31)34-3)21-11-7-8-12-23(21)29(24)27(32)35-16-17-36(4,5)6/h7-12,18H,1,13-17H2,2-6H3/i10D. The van der Waals surface area contributed by atoms with Crippen LogP contribution in [0.2, 0.25) is 25.7 Å². The molecular formula is C27H34N2O6Si. The Morgan fingerprint density at radius 3 is 2.53 bits per heavy atom. The molecule has 0 saturated heterocycles. The van der Waals surface area contributed by atoms with Crippen LogP contribution < -0.4 is 0 Å². The molecule has 192 valence electrons. The molecule has 0 atom stereocenters. The van der Waals surface area contributed by atoms with Gasteiger partial charge in [0, 0.05) is 32.7 Å². The molecule has 2 heterocycles. The SMILES string of the molecule is [2H]C1=CCN(CCc2c(C(=C)C(=O)OC)n(C(=O)OCC[Si](C)(C)C)c3ccccc23)C=C1C(=O)OC. The number of hydrogen-bond donors (Lipinski definition) is 0. The topological polar surface area (TPSA) is 87.1 Å². The summed E-state index contributed by atoms with van der Waals surface area (Å²) in [6, 6.07) is 8.30. The summed E-state index contributed by atoms with van der Waals surface area (Å²) >= 11 is 0. The minimum Gasteiger partial charge on any atom is -0.465 e. The molecule has 36 heavy (non-hydrogen) atoms. The first kappa shape index (κ1) is 25.5. The van der Waals surface area contributed by atoms with Crippen molar-refractivity contribution in [2.75, 3.05) is 33.9 Å². The van der Waals surface area contributed by atoms with E-state index in [-0.39, 0.29) is 23.8 Å². The molecular weight excluding hydrogens is 476 g/mol. The quantitative estimate of drug-likeness (QED) is 0.210. The molecule has 8 nitrogen and oxygen atoms in total. The van der Waals surface area contributed by atoms with Gasteiger partial charge in [-0.25, -0.2) is 19.0 Å². The first-order valence-corrected chi connectivity index (χ1v) is 15.5. The normalized spacial score (nSPS) is 14.0. The van der Waals surface area contributed by atoms with Crippen molar-refractivity contribution in [3.05, 3.63) is 66.0 Å². The lowest BCUT2D eigenvalue weighted by molar-refractivity contribution is -0.136. The number of hydrogen-bond acceptors (Lipinski definition) is 7. The summed E-state index contributed by atoms with van der Waals surface area (Å²) in [4.78, 5) is 39.9. The number of aromatic nitrogens is 1. The van der Waals surface area contributed by atoms with E-state index < -0.39 is 26.1 Å². The lowest BCUT2D eigenvalue weighted by Crippen LogP contribution is -2.26. The summed E-state index contributed by atoms with van der Waals surface area (Å²) in [5.74, 6) is -1.23. The molecule has 1 aliphatic heterocycles. The van der Waals surface area contributed by atoms with E-state index in [1.54, 1.807) is 18.3 Å². The first-order valence-electron chi connectivity index (χ1n) is 12.3. The summed E-state index contributed by atoms with van der Waals surface area (Å²) in [5.41, 5.74) is 1.90. The highest BCUT2D eigenvalue weighted by molar-refractivity contribution is 6.76. The van der Waals surface area contributed by atoms with E-state index in [9.17, 15) is 14.4 Å². The number of benzene rings is 1. The lowest BCUT2D eigenvalue weighted by atomic mass is 10.0. The minimum atomic E-state index is -1.43. The van der Waals surface area contributed by atoms with Crippen molar-refractivity contribution in [2.24, 2.45) is 0 Å². The number of fused-ring (bicyclic) bond motifs is 1.